The first-order chi connectivity index (χ1) is 9.72. The molecule has 108 valence electrons. The average molecular weight is 271 g/mol. The number of nitrogens with zero attached hydrogens (tertiary/aromatic N) is 2. The predicted octanol–water partition coefficient (Wildman–Crippen LogP) is 2.99. The van der Waals surface area contributed by atoms with E-state index >= 15 is 0 Å². The van der Waals surface area contributed by atoms with Crippen molar-refractivity contribution in [3.63, 3.8) is 0 Å². The van der Waals surface area contributed by atoms with Crippen molar-refractivity contribution in [2.24, 2.45) is 24.8 Å². The van der Waals surface area contributed by atoms with Crippen LogP contribution in [0.1, 0.15) is 49.9 Å². The van der Waals surface area contributed by atoms with Crippen LogP contribution >= 0.6 is 0 Å². The second-order valence-electron chi connectivity index (χ2n) is 7.01. The molecule has 1 aromatic rings. The van der Waals surface area contributed by atoms with Gasteiger partial charge in [-0.15, -0.1) is 0 Å². The maximum Gasteiger partial charge on any atom is 0.0540 e. The van der Waals surface area contributed by atoms with Crippen molar-refractivity contribution < 1.29 is 0 Å². The van der Waals surface area contributed by atoms with Crippen LogP contribution < -0.4 is 5.32 Å². The summed E-state index contributed by atoms with van der Waals surface area (Å²) >= 11 is 0. The summed E-state index contributed by atoms with van der Waals surface area (Å²) in [6.07, 6.45) is 13.5. The maximum atomic E-state index is 4.46. The third-order valence-electron chi connectivity index (χ3n) is 5.81. The van der Waals surface area contributed by atoms with E-state index in [2.05, 4.69) is 47.4 Å². The van der Waals surface area contributed by atoms with Crippen LogP contribution in [0.3, 0.4) is 0 Å². The van der Waals surface area contributed by atoms with Gasteiger partial charge >= 0.3 is 0 Å². The summed E-state index contributed by atoms with van der Waals surface area (Å²) in [5.74, 6) is 2.54. The van der Waals surface area contributed by atoms with Gasteiger partial charge in [-0.1, -0.05) is 12.2 Å². The van der Waals surface area contributed by atoms with Gasteiger partial charge in [-0.3, -0.25) is 4.68 Å². The Morgan fingerprint density at radius 1 is 1.35 bits per heavy atom. The molecular weight excluding hydrogens is 246 g/mol. The van der Waals surface area contributed by atoms with Gasteiger partial charge in [0, 0.05) is 30.4 Å². The topological polar surface area (TPSA) is 29.9 Å². The lowest BCUT2D eigenvalue weighted by molar-refractivity contribution is 0.288. The first kappa shape index (κ1) is 12.6. The highest BCUT2D eigenvalue weighted by atomic mass is 15.3. The van der Waals surface area contributed by atoms with E-state index in [-0.39, 0.29) is 0 Å². The van der Waals surface area contributed by atoms with Crippen LogP contribution in [0.4, 0.5) is 0 Å². The highest BCUT2D eigenvalue weighted by Crippen LogP contribution is 2.45. The van der Waals surface area contributed by atoms with Gasteiger partial charge in [0.1, 0.15) is 0 Å². The lowest BCUT2D eigenvalue weighted by atomic mass is 9.85. The SMILES string of the molecule is CC(NC1CCCc2c1cnn2C)C1CC2C=CC1C2. The van der Waals surface area contributed by atoms with E-state index in [9.17, 15) is 0 Å². The number of hydrogen-bond acceptors (Lipinski definition) is 2. The lowest BCUT2D eigenvalue weighted by Crippen LogP contribution is -2.39. The molecule has 1 fully saturated rings. The minimum absolute atomic E-state index is 0.519. The molecule has 4 rings (SSSR count). The Bertz CT molecular complexity index is 530. The molecule has 0 saturated heterocycles. The van der Waals surface area contributed by atoms with Gasteiger partial charge < -0.3 is 5.32 Å². The first-order valence-electron chi connectivity index (χ1n) is 8.17. The summed E-state index contributed by atoms with van der Waals surface area (Å²) < 4.78 is 2.06. The van der Waals surface area contributed by atoms with Crippen molar-refractivity contribution in [1.29, 1.82) is 0 Å². The Balaban J connectivity index is 1.48. The van der Waals surface area contributed by atoms with Crippen LogP contribution in [0.15, 0.2) is 18.3 Å². The molecule has 2 bridgehead atoms. The van der Waals surface area contributed by atoms with E-state index in [0.29, 0.717) is 12.1 Å². The standard InChI is InChI=1S/C17H25N3/c1-11(14-9-12-6-7-13(14)8-12)19-16-4-3-5-17-15(16)10-18-20(17)2/h6-7,10-14,16,19H,3-5,8-9H2,1-2H3. The zero-order valence-corrected chi connectivity index (χ0v) is 12.5. The molecule has 1 saturated carbocycles. The Morgan fingerprint density at radius 2 is 2.25 bits per heavy atom. The fourth-order valence-electron chi connectivity index (χ4n) is 4.72. The van der Waals surface area contributed by atoms with Crippen LogP contribution in [0, 0.1) is 17.8 Å². The third-order valence-corrected chi connectivity index (χ3v) is 5.81. The fraction of sp³-hybridized carbons (Fsp3) is 0.706. The van der Waals surface area contributed by atoms with Crippen molar-refractivity contribution >= 4 is 0 Å². The molecular formula is C17H25N3. The van der Waals surface area contributed by atoms with Gasteiger partial charge in [0.2, 0.25) is 0 Å². The van der Waals surface area contributed by atoms with Crippen molar-refractivity contribution in [3.8, 4) is 0 Å². The van der Waals surface area contributed by atoms with Crippen molar-refractivity contribution in [2.45, 2.75) is 51.1 Å². The van der Waals surface area contributed by atoms with Gasteiger partial charge in [-0.25, -0.2) is 0 Å². The van der Waals surface area contributed by atoms with E-state index in [0.717, 1.165) is 17.8 Å². The largest absolute Gasteiger partial charge is 0.307 e. The monoisotopic (exact) mass is 271 g/mol. The van der Waals surface area contributed by atoms with Gasteiger partial charge in [-0.05, 0) is 56.8 Å². The van der Waals surface area contributed by atoms with E-state index in [4.69, 9.17) is 0 Å². The molecule has 3 aliphatic rings. The summed E-state index contributed by atoms with van der Waals surface area (Å²) in [5, 5.41) is 8.38. The summed E-state index contributed by atoms with van der Waals surface area (Å²) in [4.78, 5) is 0. The van der Waals surface area contributed by atoms with Crippen LogP contribution in [0.5, 0.6) is 0 Å². The van der Waals surface area contributed by atoms with Crippen LogP contribution in [0.2, 0.25) is 0 Å². The van der Waals surface area contributed by atoms with Gasteiger partial charge in [0.15, 0.2) is 0 Å². The molecule has 0 aromatic carbocycles. The molecule has 0 amide bonds. The summed E-state index contributed by atoms with van der Waals surface area (Å²) in [6.45, 7) is 2.39. The molecule has 20 heavy (non-hydrogen) atoms. The molecule has 1 heterocycles. The second-order valence-corrected chi connectivity index (χ2v) is 7.01. The zero-order valence-electron chi connectivity index (χ0n) is 12.5. The van der Waals surface area contributed by atoms with Crippen molar-refractivity contribution in [3.05, 3.63) is 29.6 Å². The quantitative estimate of drug-likeness (QED) is 0.857. The highest BCUT2D eigenvalue weighted by Gasteiger charge is 2.39. The van der Waals surface area contributed by atoms with E-state index in [1.807, 2.05) is 0 Å². The molecule has 0 spiro atoms. The third kappa shape index (κ3) is 1.95. The van der Waals surface area contributed by atoms with Crippen LogP contribution in [-0.4, -0.2) is 15.8 Å². The minimum atomic E-state index is 0.519. The average Bonchev–Trinajstić information content (AvgIpc) is 3.15. The maximum absolute atomic E-state index is 4.46. The summed E-state index contributed by atoms with van der Waals surface area (Å²) in [7, 11) is 2.07. The zero-order chi connectivity index (χ0) is 13.7. The van der Waals surface area contributed by atoms with E-state index in [1.165, 1.54) is 43.4 Å². The van der Waals surface area contributed by atoms with Gasteiger partial charge in [-0.2, -0.15) is 5.10 Å². The number of hydrogen-bond donors (Lipinski definition) is 1. The van der Waals surface area contributed by atoms with E-state index in [1.54, 1.807) is 0 Å². The number of rotatable bonds is 3. The Morgan fingerprint density at radius 3 is 3.00 bits per heavy atom. The molecule has 3 aliphatic carbocycles. The molecule has 0 aliphatic heterocycles. The summed E-state index contributed by atoms with van der Waals surface area (Å²) in [5.41, 5.74) is 2.89. The summed E-state index contributed by atoms with van der Waals surface area (Å²) in [6, 6.07) is 1.14. The Kier molecular flexibility index (Phi) is 2.99. The van der Waals surface area contributed by atoms with Gasteiger partial charge in [0.25, 0.3) is 0 Å². The first-order valence-corrected chi connectivity index (χ1v) is 8.17. The van der Waals surface area contributed by atoms with Gasteiger partial charge in [0.05, 0.1) is 6.20 Å². The molecule has 1 aromatic heterocycles. The highest BCUT2D eigenvalue weighted by molar-refractivity contribution is 5.25. The minimum Gasteiger partial charge on any atom is -0.307 e. The van der Waals surface area contributed by atoms with Crippen molar-refractivity contribution in [2.75, 3.05) is 0 Å². The molecule has 5 atom stereocenters. The Labute approximate surface area is 121 Å². The van der Waals surface area contributed by atoms with Crippen LogP contribution in [-0.2, 0) is 13.5 Å². The molecule has 3 heteroatoms. The fourth-order valence-corrected chi connectivity index (χ4v) is 4.72. The normalized spacial score (nSPS) is 36.3. The number of nitrogens with one attached hydrogen (secondary N) is 1. The second kappa shape index (κ2) is 4.73. The van der Waals surface area contributed by atoms with Crippen LogP contribution in [0.25, 0.3) is 0 Å². The number of aryl methyl sites for hydroxylation is 1. The predicted molar refractivity (Wildman–Crippen MR) is 80.3 cm³/mol. The smallest absolute Gasteiger partial charge is 0.0540 e. The molecule has 3 nitrogen and oxygen atoms in total. The molecule has 5 unspecified atom stereocenters. The number of aromatic nitrogens is 2. The van der Waals surface area contributed by atoms with E-state index < -0.39 is 0 Å². The Hall–Kier alpha value is -1.09. The molecule has 1 N–H and O–H groups in total. The lowest BCUT2D eigenvalue weighted by Gasteiger charge is -2.32. The van der Waals surface area contributed by atoms with Crippen molar-refractivity contribution in [1.82, 2.24) is 15.1 Å². The number of allylic oxidation sites excluding steroid dienone is 2. The number of fused-ring (bicyclic) bond motifs is 3. The molecule has 0 radical (unpaired) electrons.